The van der Waals surface area contributed by atoms with Crippen molar-refractivity contribution in [2.75, 3.05) is 25.1 Å². The molecule has 2 aliphatic rings. The first-order valence-electron chi connectivity index (χ1n) is 14.6. The third-order valence-electron chi connectivity index (χ3n) is 7.01. The van der Waals surface area contributed by atoms with Crippen molar-refractivity contribution >= 4 is 17.5 Å². The Morgan fingerprint density at radius 3 is 2.40 bits per heavy atom. The molecular weight excluding hydrogens is 529 g/mol. The molecule has 2 N–H and O–H groups in total. The number of carbonyl (C=O) groups excluding carboxylic acids is 2. The molecule has 6 nitrogen and oxygen atoms in total. The van der Waals surface area contributed by atoms with Crippen molar-refractivity contribution in [3.8, 4) is 12.3 Å². The summed E-state index contributed by atoms with van der Waals surface area (Å²) >= 11 is 0. The van der Waals surface area contributed by atoms with E-state index in [9.17, 15) is 14.0 Å². The summed E-state index contributed by atoms with van der Waals surface area (Å²) in [5, 5.41) is 6.07. The minimum Gasteiger partial charge on any atom is -0.381 e. The molecule has 0 atom stereocenters. The van der Waals surface area contributed by atoms with Crippen LogP contribution in [-0.4, -0.2) is 36.5 Å². The maximum Gasteiger partial charge on any atom is 0.271 e. The highest BCUT2D eigenvalue weighted by molar-refractivity contribution is 6.03. The molecule has 42 heavy (non-hydrogen) atoms. The molecule has 0 unspecified atom stereocenters. The maximum atomic E-state index is 14.5. The molecule has 1 fully saturated rings. The van der Waals surface area contributed by atoms with E-state index >= 15 is 0 Å². The van der Waals surface area contributed by atoms with Crippen LogP contribution in [0.3, 0.4) is 0 Å². The van der Waals surface area contributed by atoms with Crippen molar-refractivity contribution in [2.24, 2.45) is 5.92 Å². The molecule has 2 aliphatic heterocycles. The van der Waals surface area contributed by atoms with Gasteiger partial charge in [-0.25, -0.2) is 4.39 Å². The maximum absolute atomic E-state index is 14.5. The van der Waals surface area contributed by atoms with Crippen LogP contribution in [-0.2, 0) is 20.9 Å². The van der Waals surface area contributed by atoms with E-state index in [4.69, 9.17) is 4.74 Å². The Hall–Kier alpha value is -4.15. The fraction of sp³-hybridized carbons (Fsp3) is 0.371. The number of nitrogens with one attached hydrogen (secondary N) is 2. The number of benzene rings is 2. The summed E-state index contributed by atoms with van der Waals surface area (Å²) in [5.41, 5.74) is 2.48. The van der Waals surface area contributed by atoms with Gasteiger partial charge in [0.2, 0.25) is 5.91 Å². The number of para-hydroxylation sites is 1. The number of rotatable bonds is 7. The van der Waals surface area contributed by atoms with Crippen LogP contribution in [0.4, 0.5) is 10.1 Å². The van der Waals surface area contributed by atoms with Gasteiger partial charge in [-0.05, 0) is 63.1 Å². The molecule has 0 aromatic heterocycles. The minimum absolute atomic E-state index is 0.0328. The minimum atomic E-state index is -0.303. The zero-order chi connectivity index (χ0) is 30.0. The van der Waals surface area contributed by atoms with Crippen molar-refractivity contribution in [1.29, 1.82) is 0 Å². The van der Waals surface area contributed by atoms with Gasteiger partial charge in [0.05, 0.1) is 5.70 Å². The topological polar surface area (TPSA) is 70.7 Å². The fourth-order valence-electron chi connectivity index (χ4n) is 4.96. The summed E-state index contributed by atoms with van der Waals surface area (Å²) in [6, 6.07) is 15.9. The zero-order valence-corrected chi connectivity index (χ0v) is 24.5. The van der Waals surface area contributed by atoms with Crippen LogP contribution >= 0.6 is 0 Å². The second-order valence-electron chi connectivity index (χ2n) is 10.3. The van der Waals surface area contributed by atoms with Crippen LogP contribution in [0.2, 0.25) is 0 Å². The van der Waals surface area contributed by atoms with Gasteiger partial charge in [-0.15, -0.1) is 12.3 Å². The van der Waals surface area contributed by atoms with Gasteiger partial charge in [0.25, 0.3) is 5.91 Å². The molecule has 2 aromatic carbocycles. The lowest BCUT2D eigenvalue weighted by atomic mass is 9.93. The molecular formula is C35H42FN3O3. The summed E-state index contributed by atoms with van der Waals surface area (Å²) in [6.45, 7) is 3.88. The Labute approximate surface area is 249 Å². The first-order chi connectivity index (χ1) is 20.5. The van der Waals surface area contributed by atoms with Crippen LogP contribution in [0, 0.1) is 24.1 Å². The molecule has 2 heterocycles. The molecule has 1 saturated heterocycles. The number of terminal acetylenes is 1. The lowest BCUT2D eigenvalue weighted by molar-refractivity contribution is -0.121. The highest BCUT2D eigenvalue weighted by Gasteiger charge is 2.20. The van der Waals surface area contributed by atoms with Gasteiger partial charge in [0, 0.05) is 56.1 Å². The van der Waals surface area contributed by atoms with Crippen molar-refractivity contribution in [2.45, 2.75) is 58.4 Å². The molecule has 0 saturated carbocycles. The van der Waals surface area contributed by atoms with Crippen LogP contribution in [0.15, 0.2) is 90.3 Å². The number of carbonyl (C=O) groups is 2. The molecule has 0 spiro atoms. The molecule has 4 rings (SSSR count). The highest BCUT2D eigenvalue weighted by atomic mass is 19.1. The number of hydrogen-bond acceptors (Lipinski definition) is 4. The van der Waals surface area contributed by atoms with Gasteiger partial charge in [0.1, 0.15) is 5.82 Å². The second kappa shape index (κ2) is 18.3. The normalized spacial score (nSPS) is 19.5. The van der Waals surface area contributed by atoms with Gasteiger partial charge in [-0.3, -0.25) is 9.59 Å². The van der Waals surface area contributed by atoms with Gasteiger partial charge in [-0.2, -0.15) is 0 Å². The molecule has 7 heteroatoms. The van der Waals surface area contributed by atoms with Crippen LogP contribution in [0.25, 0.3) is 0 Å². The lowest BCUT2D eigenvalue weighted by Gasteiger charge is -2.26. The van der Waals surface area contributed by atoms with E-state index in [1.165, 1.54) is 6.07 Å². The van der Waals surface area contributed by atoms with E-state index in [1.807, 2.05) is 59.5 Å². The zero-order valence-electron chi connectivity index (χ0n) is 24.5. The summed E-state index contributed by atoms with van der Waals surface area (Å²) < 4.78 is 20.0. The van der Waals surface area contributed by atoms with Crippen molar-refractivity contribution in [3.05, 3.63) is 102 Å². The number of allylic oxidation sites excluding steroid dienone is 3. The summed E-state index contributed by atoms with van der Waals surface area (Å²) in [5.74, 6) is 2.09. The first-order valence-corrected chi connectivity index (χ1v) is 14.6. The van der Waals surface area contributed by atoms with Gasteiger partial charge >= 0.3 is 0 Å². The van der Waals surface area contributed by atoms with E-state index in [0.29, 0.717) is 48.7 Å². The molecule has 0 radical (unpaired) electrons. The Kier molecular flexibility index (Phi) is 14.1. The monoisotopic (exact) mass is 571 g/mol. The van der Waals surface area contributed by atoms with E-state index < -0.39 is 0 Å². The number of ether oxygens (including phenoxy) is 1. The molecule has 0 aliphatic carbocycles. The predicted molar refractivity (Wildman–Crippen MR) is 166 cm³/mol. The van der Waals surface area contributed by atoms with Crippen molar-refractivity contribution in [3.63, 3.8) is 0 Å². The van der Waals surface area contributed by atoms with E-state index in [0.717, 1.165) is 44.6 Å². The summed E-state index contributed by atoms with van der Waals surface area (Å²) in [7, 11) is 0. The Balaban J connectivity index is 0.00000155. The van der Waals surface area contributed by atoms with Crippen LogP contribution in [0.5, 0.6) is 0 Å². The average Bonchev–Trinajstić information content (AvgIpc) is 2.96. The fourth-order valence-corrected chi connectivity index (χ4v) is 4.96. The van der Waals surface area contributed by atoms with Gasteiger partial charge in [-0.1, -0.05) is 60.7 Å². The van der Waals surface area contributed by atoms with Gasteiger partial charge in [0.15, 0.2) is 0 Å². The quantitative estimate of drug-likeness (QED) is 0.285. The average molecular weight is 572 g/mol. The summed E-state index contributed by atoms with van der Waals surface area (Å²) in [4.78, 5) is 28.2. The number of halogens is 1. The van der Waals surface area contributed by atoms with E-state index in [1.54, 1.807) is 25.1 Å². The highest BCUT2D eigenvalue weighted by Crippen LogP contribution is 2.22. The third kappa shape index (κ3) is 11.4. The number of nitrogens with zero attached hydrogens (tertiary/aromatic N) is 1. The van der Waals surface area contributed by atoms with Gasteiger partial charge < -0.3 is 20.3 Å². The SMILES string of the molecule is C#CC.O=C(CC1CCCOCCC1)N/C1=C/C/C=C(/C(=O)Nc2ccccc2)N(Cc2ccccc2F)C/C=C\C1. The van der Waals surface area contributed by atoms with E-state index in [2.05, 4.69) is 23.0 Å². The largest absolute Gasteiger partial charge is 0.381 e. The number of hydrogen-bond donors (Lipinski definition) is 2. The van der Waals surface area contributed by atoms with Crippen molar-refractivity contribution in [1.82, 2.24) is 10.2 Å². The number of amides is 2. The molecule has 2 aromatic rings. The summed E-state index contributed by atoms with van der Waals surface area (Å²) in [6.07, 6.45) is 17.9. The lowest BCUT2D eigenvalue weighted by Crippen LogP contribution is -2.31. The van der Waals surface area contributed by atoms with E-state index in [-0.39, 0.29) is 24.2 Å². The molecule has 0 bridgehead atoms. The van der Waals surface area contributed by atoms with Crippen LogP contribution in [0.1, 0.15) is 57.4 Å². The molecule has 2 amide bonds. The Morgan fingerprint density at radius 1 is 1.00 bits per heavy atom. The Bertz CT molecular complexity index is 1270. The first kappa shape index (κ1) is 32.4. The number of anilines is 1. The van der Waals surface area contributed by atoms with Crippen molar-refractivity contribution < 1.29 is 18.7 Å². The Morgan fingerprint density at radius 2 is 1.69 bits per heavy atom. The van der Waals surface area contributed by atoms with Crippen LogP contribution < -0.4 is 10.6 Å². The second-order valence-corrected chi connectivity index (χ2v) is 10.3. The third-order valence-corrected chi connectivity index (χ3v) is 7.01. The molecule has 222 valence electrons. The smallest absolute Gasteiger partial charge is 0.271 e. The predicted octanol–water partition coefficient (Wildman–Crippen LogP) is 6.74. The standard InChI is InChI=1S/C32H38FN3O3.C3H4/c33-29-18-5-4-13-26(29)24-36-20-7-6-16-27(34-31(37)23-25-11-9-21-39-22-10-12-25)17-8-19-30(36)32(38)35-28-14-2-1-3-15-28;1-3-2/h1-7,13-15,17-19,25H,8-12,16,20-24H2,(H,34,37)(H,35,38);1H,2H3/b7-6-,27-17+,30-19-;.